The number of para-hydroxylation sites is 1. The molecule has 0 spiro atoms. The van der Waals surface area contributed by atoms with Crippen molar-refractivity contribution in [1.29, 1.82) is 0 Å². The highest BCUT2D eigenvalue weighted by atomic mass is 32.1. The van der Waals surface area contributed by atoms with Crippen molar-refractivity contribution >= 4 is 80.9 Å². The van der Waals surface area contributed by atoms with E-state index in [9.17, 15) is 0 Å². The van der Waals surface area contributed by atoms with Crippen LogP contribution in [0.2, 0.25) is 0 Å². The fourth-order valence-electron chi connectivity index (χ4n) is 5.89. The lowest BCUT2D eigenvalue weighted by Gasteiger charge is -2.28. The monoisotopic (exact) mass is 501 g/mol. The van der Waals surface area contributed by atoms with Gasteiger partial charge >= 0.3 is 0 Å². The van der Waals surface area contributed by atoms with Crippen molar-refractivity contribution in [3.63, 3.8) is 0 Å². The molecule has 8 rings (SSSR count). The first-order chi connectivity index (χ1) is 18.8. The minimum atomic E-state index is 1.15. The van der Waals surface area contributed by atoms with Crippen LogP contribution in [0.4, 0.5) is 17.1 Å². The zero-order valence-electron chi connectivity index (χ0n) is 20.6. The zero-order chi connectivity index (χ0) is 25.1. The molecule has 0 bridgehead atoms. The highest BCUT2D eigenvalue weighted by molar-refractivity contribution is 7.25. The van der Waals surface area contributed by atoms with E-state index in [1.807, 2.05) is 11.3 Å². The fraction of sp³-hybridized carbons (Fsp3) is 0. The third kappa shape index (κ3) is 3.24. The van der Waals surface area contributed by atoms with Gasteiger partial charge in [0.05, 0.1) is 5.69 Å². The number of nitrogens with zero attached hydrogens (tertiary/aromatic N) is 1. The Morgan fingerprint density at radius 3 is 1.92 bits per heavy atom. The standard InChI is InChI=1S/C36H23NS/c1-2-12-26(13-3-1)37(27-19-21-31-30-16-8-9-17-34(30)38-35(31)23-27)33-22-25-11-5-6-14-28(25)32-20-18-24-10-4-7-15-29(24)36(32)33/h1-23H. The molecule has 0 radical (unpaired) electrons. The second-order valence-electron chi connectivity index (χ2n) is 9.78. The molecule has 0 saturated carbocycles. The van der Waals surface area contributed by atoms with Crippen LogP contribution in [0, 0.1) is 0 Å². The van der Waals surface area contributed by atoms with E-state index in [0.29, 0.717) is 0 Å². The van der Waals surface area contributed by atoms with Gasteiger partial charge in [-0.05, 0) is 63.3 Å². The number of benzene rings is 7. The molecule has 38 heavy (non-hydrogen) atoms. The van der Waals surface area contributed by atoms with Gasteiger partial charge in [0.15, 0.2) is 0 Å². The minimum Gasteiger partial charge on any atom is -0.310 e. The summed E-state index contributed by atoms with van der Waals surface area (Å²) in [5.41, 5.74) is 3.51. The summed E-state index contributed by atoms with van der Waals surface area (Å²) in [6, 6.07) is 50.8. The predicted octanol–water partition coefficient (Wildman–Crippen LogP) is 11.0. The maximum absolute atomic E-state index is 2.44. The predicted molar refractivity (Wildman–Crippen MR) is 167 cm³/mol. The van der Waals surface area contributed by atoms with Crippen molar-refractivity contribution in [2.75, 3.05) is 4.90 Å². The summed E-state index contributed by atoms with van der Waals surface area (Å²) < 4.78 is 2.63. The first-order valence-electron chi connectivity index (χ1n) is 12.9. The number of hydrogen-bond donors (Lipinski definition) is 0. The lowest BCUT2D eigenvalue weighted by molar-refractivity contribution is 1.31. The molecule has 8 aromatic rings. The summed E-state index contributed by atoms with van der Waals surface area (Å²) in [6.45, 7) is 0. The lowest BCUT2D eigenvalue weighted by Crippen LogP contribution is -2.10. The molecule has 0 amide bonds. The Hall–Kier alpha value is -4.66. The van der Waals surface area contributed by atoms with E-state index in [4.69, 9.17) is 0 Å². The van der Waals surface area contributed by atoms with Crippen LogP contribution in [-0.4, -0.2) is 0 Å². The Morgan fingerprint density at radius 2 is 1.05 bits per heavy atom. The van der Waals surface area contributed by atoms with E-state index in [-0.39, 0.29) is 0 Å². The van der Waals surface area contributed by atoms with Crippen LogP contribution in [0.25, 0.3) is 52.5 Å². The molecular formula is C36H23NS. The number of anilines is 3. The summed E-state index contributed by atoms with van der Waals surface area (Å²) in [4.78, 5) is 2.44. The van der Waals surface area contributed by atoms with Crippen molar-refractivity contribution in [3.8, 4) is 0 Å². The van der Waals surface area contributed by atoms with Crippen molar-refractivity contribution in [2.45, 2.75) is 0 Å². The van der Waals surface area contributed by atoms with Crippen LogP contribution in [0.5, 0.6) is 0 Å². The van der Waals surface area contributed by atoms with Gasteiger partial charge < -0.3 is 4.90 Å². The van der Waals surface area contributed by atoms with Gasteiger partial charge in [0.2, 0.25) is 0 Å². The molecule has 0 saturated heterocycles. The zero-order valence-corrected chi connectivity index (χ0v) is 21.5. The largest absolute Gasteiger partial charge is 0.310 e. The molecule has 1 aromatic heterocycles. The second-order valence-corrected chi connectivity index (χ2v) is 10.9. The van der Waals surface area contributed by atoms with Crippen molar-refractivity contribution in [3.05, 3.63) is 140 Å². The first-order valence-corrected chi connectivity index (χ1v) is 13.8. The number of fused-ring (bicyclic) bond motifs is 8. The summed E-state index contributed by atoms with van der Waals surface area (Å²) in [7, 11) is 0. The Bertz CT molecular complexity index is 2140. The molecule has 1 heterocycles. The van der Waals surface area contributed by atoms with E-state index in [2.05, 4.69) is 144 Å². The SMILES string of the molecule is c1ccc(N(c2ccc3c(c2)sc2ccccc23)c2cc3ccccc3c3ccc4ccccc4c23)cc1. The van der Waals surface area contributed by atoms with E-state index in [1.54, 1.807) is 0 Å². The van der Waals surface area contributed by atoms with Crippen LogP contribution in [-0.2, 0) is 0 Å². The number of thiophene rings is 1. The highest BCUT2D eigenvalue weighted by Gasteiger charge is 2.19. The summed E-state index contributed by atoms with van der Waals surface area (Å²) >= 11 is 1.87. The molecule has 2 heteroatoms. The van der Waals surface area contributed by atoms with Crippen LogP contribution in [0.15, 0.2) is 140 Å². The topological polar surface area (TPSA) is 3.24 Å². The second kappa shape index (κ2) is 8.44. The number of rotatable bonds is 3. The molecule has 0 aliphatic heterocycles. The smallest absolute Gasteiger partial charge is 0.0552 e. The molecule has 0 aliphatic carbocycles. The van der Waals surface area contributed by atoms with E-state index in [1.165, 1.54) is 63.9 Å². The maximum Gasteiger partial charge on any atom is 0.0552 e. The van der Waals surface area contributed by atoms with Gasteiger partial charge in [0, 0.05) is 36.9 Å². The van der Waals surface area contributed by atoms with E-state index in [0.717, 1.165) is 5.69 Å². The molecule has 0 N–H and O–H groups in total. The average molecular weight is 502 g/mol. The van der Waals surface area contributed by atoms with E-state index < -0.39 is 0 Å². The molecular weight excluding hydrogens is 478 g/mol. The Kier molecular flexibility index (Phi) is 4.76. The van der Waals surface area contributed by atoms with Gasteiger partial charge in [-0.25, -0.2) is 0 Å². The van der Waals surface area contributed by atoms with Gasteiger partial charge in [-0.3, -0.25) is 0 Å². The van der Waals surface area contributed by atoms with Gasteiger partial charge in [0.25, 0.3) is 0 Å². The third-order valence-electron chi connectivity index (χ3n) is 7.60. The van der Waals surface area contributed by atoms with Crippen LogP contribution < -0.4 is 4.90 Å². The van der Waals surface area contributed by atoms with Gasteiger partial charge in [-0.1, -0.05) is 103 Å². The maximum atomic E-state index is 2.44. The van der Waals surface area contributed by atoms with Crippen molar-refractivity contribution < 1.29 is 0 Å². The van der Waals surface area contributed by atoms with Gasteiger partial charge in [0.1, 0.15) is 0 Å². The number of hydrogen-bond acceptors (Lipinski definition) is 2. The summed E-state index contributed by atoms with van der Waals surface area (Å²) in [5, 5.41) is 10.3. The van der Waals surface area contributed by atoms with E-state index >= 15 is 0 Å². The first kappa shape index (κ1) is 21.4. The lowest BCUT2D eigenvalue weighted by atomic mass is 9.94. The fourth-order valence-corrected chi connectivity index (χ4v) is 7.03. The molecule has 0 aliphatic rings. The highest BCUT2D eigenvalue weighted by Crippen LogP contribution is 2.46. The van der Waals surface area contributed by atoms with Crippen LogP contribution in [0.1, 0.15) is 0 Å². The van der Waals surface area contributed by atoms with Crippen molar-refractivity contribution in [2.24, 2.45) is 0 Å². The van der Waals surface area contributed by atoms with Gasteiger partial charge in [-0.15, -0.1) is 11.3 Å². The molecule has 0 unspecified atom stereocenters. The summed E-state index contributed by atoms with van der Waals surface area (Å²) in [6.07, 6.45) is 0. The Morgan fingerprint density at radius 1 is 0.395 bits per heavy atom. The van der Waals surface area contributed by atoms with Crippen molar-refractivity contribution in [1.82, 2.24) is 0 Å². The molecule has 1 nitrogen and oxygen atoms in total. The molecule has 0 atom stereocenters. The summed E-state index contributed by atoms with van der Waals surface area (Å²) in [5.74, 6) is 0. The molecule has 178 valence electrons. The molecule has 0 fully saturated rings. The average Bonchev–Trinajstić information content (AvgIpc) is 3.35. The van der Waals surface area contributed by atoms with Gasteiger partial charge in [-0.2, -0.15) is 0 Å². The van der Waals surface area contributed by atoms with Crippen LogP contribution in [0.3, 0.4) is 0 Å². The normalized spacial score (nSPS) is 11.7. The minimum absolute atomic E-state index is 1.15. The third-order valence-corrected chi connectivity index (χ3v) is 8.74. The molecule has 7 aromatic carbocycles. The quantitative estimate of drug-likeness (QED) is 0.218. The van der Waals surface area contributed by atoms with Crippen LogP contribution >= 0.6 is 11.3 Å². The Labute approximate surface area is 224 Å². The Balaban J connectivity index is 1.50.